The molecule has 41 heavy (non-hydrogen) atoms. The summed E-state index contributed by atoms with van der Waals surface area (Å²) in [7, 11) is 3.00. The van der Waals surface area contributed by atoms with Crippen LogP contribution in [-0.4, -0.2) is 37.7 Å². The zero-order valence-corrected chi connectivity index (χ0v) is 22.6. The second-order valence-corrected chi connectivity index (χ2v) is 9.35. The average molecular weight is 557 g/mol. The van der Waals surface area contributed by atoms with Gasteiger partial charge in [-0.3, -0.25) is 9.59 Å². The van der Waals surface area contributed by atoms with Crippen molar-refractivity contribution in [2.24, 2.45) is 0 Å². The third-order valence-electron chi connectivity index (χ3n) is 6.74. The van der Waals surface area contributed by atoms with Gasteiger partial charge in [-0.25, -0.2) is 4.39 Å². The number of hydrogen-bond acceptors (Lipinski definition) is 6. The molecule has 1 heterocycles. The maximum Gasteiger partial charge on any atom is 0.251 e. The lowest BCUT2D eigenvalue weighted by atomic mass is 10.0. The Balaban J connectivity index is 1.58. The monoisotopic (exact) mass is 556 g/mol. The number of carbonyl (C=O) groups is 2. The van der Waals surface area contributed by atoms with Crippen molar-refractivity contribution in [3.05, 3.63) is 114 Å². The lowest BCUT2D eigenvalue weighted by molar-refractivity contribution is -0.139. The van der Waals surface area contributed by atoms with E-state index in [1.807, 2.05) is 30.3 Å². The first kappa shape index (κ1) is 27.5. The van der Waals surface area contributed by atoms with Gasteiger partial charge in [-0.2, -0.15) is 0 Å². The highest BCUT2D eigenvalue weighted by molar-refractivity contribution is 5.98. The molecule has 1 aliphatic rings. The summed E-state index contributed by atoms with van der Waals surface area (Å²) in [5, 5.41) is 2.90. The first-order valence-electron chi connectivity index (χ1n) is 13.0. The van der Waals surface area contributed by atoms with E-state index in [-0.39, 0.29) is 31.2 Å². The van der Waals surface area contributed by atoms with E-state index in [1.54, 1.807) is 54.6 Å². The molecule has 0 spiro atoms. The van der Waals surface area contributed by atoms with Gasteiger partial charge >= 0.3 is 0 Å². The molecule has 0 saturated carbocycles. The summed E-state index contributed by atoms with van der Waals surface area (Å²) in [5.41, 5.74) is 1.94. The van der Waals surface area contributed by atoms with Crippen LogP contribution in [0.1, 0.15) is 22.7 Å². The fourth-order valence-electron chi connectivity index (χ4n) is 4.69. The van der Waals surface area contributed by atoms with Crippen molar-refractivity contribution < 1.29 is 32.9 Å². The van der Waals surface area contributed by atoms with E-state index in [0.29, 0.717) is 34.2 Å². The van der Waals surface area contributed by atoms with Crippen molar-refractivity contribution in [3.8, 4) is 23.0 Å². The van der Waals surface area contributed by atoms with E-state index in [4.69, 9.17) is 18.9 Å². The molecule has 0 fully saturated rings. The van der Waals surface area contributed by atoms with Gasteiger partial charge < -0.3 is 29.2 Å². The number of amides is 2. The number of hydrogen-bond donors (Lipinski definition) is 1. The second kappa shape index (κ2) is 12.4. The molecule has 1 aliphatic heterocycles. The number of carbonyl (C=O) groups excluding carboxylic acids is 2. The maximum atomic E-state index is 14.9. The van der Waals surface area contributed by atoms with Crippen LogP contribution in [-0.2, 0) is 22.6 Å². The average Bonchev–Trinajstić information content (AvgIpc) is 3.46. The minimum Gasteiger partial charge on any atom is -0.493 e. The highest BCUT2D eigenvalue weighted by Gasteiger charge is 2.33. The Morgan fingerprint density at radius 1 is 0.878 bits per heavy atom. The van der Waals surface area contributed by atoms with Gasteiger partial charge in [-0.05, 0) is 41.5 Å². The molecule has 0 unspecified atom stereocenters. The minimum atomic E-state index is -1.16. The molecule has 1 N–H and O–H groups in total. The Morgan fingerprint density at radius 3 is 2.37 bits per heavy atom. The number of halogens is 1. The summed E-state index contributed by atoms with van der Waals surface area (Å²) in [5.74, 6) is 0.559. The standard InChI is InChI=1S/C32H29FN2O6/c1-38-26-14-12-22(17-28(26)39-2)31(32(37)34-24-13-15-27-29(18-24)41-20-40-27)35(19-23-10-6-7-11-25(23)33)30(36)16-21-8-4-3-5-9-21/h3-15,17-18,31H,16,19-20H2,1-2H3,(H,34,37)/t31-/m1/s1. The van der Waals surface area contributed by atoms with E-state index in [0.717, 1.165) is 5.56 Å². The van der Waals surface area contributed by atoms with E-state index in [1.165, 1.54) is 25.2 Å². The van der Waals surface area contributed by atoms with Gasteiger partial charge in [-0.15, -0.1) is 0 Å². The molecular weight excluding hydrogens is 527 g/mol. The number of nitrogens with one attached hydrogen (secondary N) is 1. The van der Waals surface area contributed by atoms with Crippen molar-refractivity contribution in [2.75, 3.05) is 26.3 Å². The van der Waals surface area contributed by atoms with Crippen LogP contribution in [0.2, 0.25) is 0 Å². The van der Waals surface area contributed by atoms with Crippen LogP contribution < -0.4 is 24.3 Å². The van der Waals surface area contributed by atoms with Crippen molar-refractivity contribution in [3.63, 3.8) is 0 Å². The Hall–Kier alpha value is -5.05. The molecule has 2 amide bonds. The Kier molecular flexibility index (Phi) is 8.34. The summed E-state index contributed by atoms with van der Waals surface area (Å²) in [6.07, 6.45) is 0.0103. The topological polar surface area (TPSA) is 86.3 Å². The van der Waals surface area contributed by atoms with E-state index in [2.05, 4.69) is 5.32 Å². The number of benzene rings is 4. The molecular formula is C32H29FN2O6. The van der Waals surface area contributed by atoms with E-state index < -0.39 is 17.8 Å². The number of methoxy groups -OCH3 is 2. The van der Waals surface area contributed by atoms with Crippen molar-refractivity contribution >= 4 is 17.5 Å². The highest BCUT2D eigenvalue weighted by atomic mass is 19.1. The Bertz CT molecular complexity index is 1540. The molecule has 0 bridgehead atoms. The predicted molar refractivity (Wildman–Crippen MR) is 151 cm³/mol. The Labute approximate surface area is 237 Å². The fourth-order valence-corrected chi connectivity index (χ4v) is 4.69. The van der Waals surface area contributed by atoms with E-state index >= 15 is 0 Å². The smallest absolute Gasteiger partial charge is 0.251 e. The van der Waals surface area contributed by atoms with Gasteiger partial charge in [-0.1, -0.05) is 54.6 Å². The van der Waals surface area contributed by atoms with Gasteiger partial charge in [0.25, 0.3) is 5.91 Å². The minimum absolute atomic E-state index is 0.0103. The van der Waals surface area contributed by atoms with Gasteiger partial charge in [0.2, 0.25) is 12.7 Å². The number of nitrogens with zero attached hydrogens (tertiary/aromatic N) is 1. The van der Waals surface area contributed by atoms with Crippen LogP contribution in [0, 0.1) is 5.82 Å². The quantitative estimate of drug-likeness (QED) is 0.277. The number of fused-ring (bicyclic) bond motifs is 1. The third kappa shape index (κ3) is 6.24. The summed E-state index contributed by atoms with van der Waals surface area (Å²) in [6, 6.07) is 24.3. The Morgan fingerprint density at radius 2 is 1.61 bits per heavy atom. The summed E-state index contributed by atoms with van der Waals surface area (Å²) in [4.78, 5) is 29.4. The van der Waals surface area contributed by atoms with Gasteiger partial charge in [0, 0.05) is 23.9 Å². The van der Waals surface area contributed by atoms with Crippen molar-refractivity contribution in [1.29, 1.82) is 0 Å². The summed E-state index contributed by atoms with van der Waals surface area (Å²) < 4.78 is 36.6. The molecule has 0 saturated heterocycles. The molecule has 4 aromatic rings. The summed E-state index contributed by atoms with van der Waals surface area (Å²) in [6.45, 7) is -0.0582. The van der Waals surface area contributed by atoms with Crippen LogP contribution in [0.4, 0.5) is 10.1 Å². The molecule has 8 nitrogen and oxygen atoms in total. The molecule has 0 aliphatic carbocycles. The van der Waals surface area contributed by atoms with Crippen molar-refractivity contribution in [2.45, 2.75) is 19.0 Å². The van der Waals surface area contributed by atoms with Crippen LogP contribution in [0.15, 0.2) is 91.0 Å². The van der Waals surface area contributed by atoms with Crippen LogP contribution >= 0.6 is 0 Å². The highest BCUT2D eigenvalue weighted by Crippen LogP contribution is 2.36. The lowest BCUT2D eigenvalue weighted by Gasteiger charge is -2.32. The van der Waals surface area contributed by atoms with Crippen LogP contribution in [0.3, 0.4) is 0 Å². The van der Waals surface area contributed by atoms with Crippen LogP contribution in [0.25, 0.3) is 0 Å². The number of ether oxygens (including phenoxy) is 4. The molecule has 1 atom stereocenters. The molecule has 9 heteroatoms. The maximum absolute atomic E-state index is 14.9. The number of rotatable bonds is 10. The molecule has 4 aromatic carbocycles. The van der Waals surface area contributed by atoms with Crippen LogP contribution in [0.5, 0.6) is 23.0 Å². The predicted octanol–water partition coefficient (Wildman–Crippen LogP) is 5.52. The normalized spacial score (nSPS) is 12.4. The lowest BCUT2D eigenvalue weighted by Crippen LogP contribution is -2.41. The molecule has 0 aromatic heterocycles. The van der Waals surface area contributed by atoms with Gasteiger partial charge in [0.1, 0.15) is 11.9 Å². The third-order valence-corrected chi connectivity index (χ3v) is 6.74. The second-order valence-electron chi connectivity index (χ2n) is 9.35. The van der Waals surface area contributed by atoms with Crippen molar-refractivity contribution in [1.82, 2.24) is 4.90 Å². The van der Waals surface area contributed by atoms with E-state index in [9.17, 15) is 14.0 Å². The molecule has 0 radical (unpaired) electrons. The summed E-state index contributed by atoms with van der Waals surface area (Å²) >= 11 is 0. The molecule has 5 rings (SSSR count). The SMILES string of the molecule is COc1ccc([C@H](C(=O)Nc2ccc3c(c2)OCO3)N(Cc2ccccc2F)C(=O)Cc2ccccc2)cc1OC. The van der Waals surface area contributed by atoms with Gasteiger partial charge in [0.05, 0.1) is 20.6 Å². The zero-order chi connectivity index (χ0) is 28.8. The number of anilines is 1. The van der Waals surface area contributed by atoms with Gasteiger partial charge in [0.15, 0.2) is 23.0 Å². The first-order chi connectivity index (χ1) is 20.0. The molecule has 210 valence electrons. The zero-order valence-electron chi connectivity index (χ0n) is 22.6. The fraction of sp³-hybridized carbons (Fsp3) is 0.188. The first-order valence-corrected chi connectivity index (χ1v) is 13.0. The largest absolute Gasteiger partial charge is 0.493 e.